The molecule has 3 rings (SSSR count). The van der Waals surface area contributed by atoms with Gasteiger partial charge in [-0.1, -0.05) is 37.3 Å². The van der Waals surface area contributed by atoms with Crippen LogP contribution in [0.25, 0.3) is 11.1 Å². The molecule has 1 fully saturated rings. The molecular weight excluding hydrogens is 314 g/mol. The molecule has 0 bridgehead atoms. The fourth-order valence-corrected chi connectivity index (χ4v) is 2.97. The third-order valence-electron chi connectivity index (χ3n) is 4.56. The number of Topliss-reactive ketones (excluding diaryl/α,β-unsaturated/α-hetero) is 1. The average Bonchev–Trinajstić information content (AvgIpc) is 3.19. The fraction of sp³-hybridized carbons (Fsp3) is 0.333. The Hall–Kier alpha value is -2.46. The van der Waals surface area contributed by atoms with Gasteiger partial charge in [0.15, 0.2) is 5.78 Å². The molecule has 1 amide bonds. The Morgan fingerprint density at radius 3 is 2.56 bits per heavy atom. The molecule has 25 heavy (non-hydrogen) atoms. The molecule has 130 valence electrons. The molecule has 2 aromatic rings. The predicted octanol–water partition coefficient (Wildman–Crippen LogP) is 3.71. The molecule has 1 saturated heterocycles. The number of hydrogen-bond acceptors (Lipinski definition) is 3. The van der Waals surface area contributed by atoms with Crippen LogP contribution >= 0.6 is 0 Å². The average molecular weight is 337 g/mol. The number of carbonyl (C=O) groups is 2. The standard InChI is InChI=1S/C21H23NO3/c1-2-20(23)19-5-3-4-18(12-19)16-6-8-17(9-7-16)21(24)22-13-15-10-11-25-14-15/h3-9,12,15H,2,10-11,13-14H2,1H3,(H,22,24)/t15-/m1/s1. The number of nitrogens with one attached hydrogen (secondary N) is 1. The molecule has 2 aromatic carbocycles. The van der Waals surface area contributed by atoms with Crippen LogP contribution in [0.1, 0.15) is 40.5 Å². The molecule has 0 aliphatic carbocycles. The van der Waals surface area contributed by atoms with Gasteiger partial charge in [-0.3, -0.25) is 9.59 Å². The van der Waals surface area contributed by atoms with E-state index in [1.807, 2.05) is 55.5 Å². The van der Waals surface area contributed by atoms with E-state index in [2.05, 4.69) is 5.32 Å². The molecule has 0 saturated carbocycles. The van der Waals surface area contributed by atoms with Crippen molar-refractivity contribution in [3.8, 4) is 11.1 Å². The van der Waals surface area contributed by atoms with E-state index in [1.54, 1.807) is 0 Å². The van der Waals surface area contributed by atoms with Crippen molar-refractivity contribution in [2.24, 2.45) is 5.92 Å². The molecule has 1 N–H and O–H groups in total. The van der Waals surface area contributed by atoms with Crippen molar-refractivity contribution in [1.29, 1.82) is 0 Å². The van der Waals surface area contributed by atoms with Crippen LogP contribution in [0.2, 0.25) is 0 Å². The molecular formula is C21H23NO3. The molecule has 1 aliphatic rings. The smallest absolute Gasteiger partial charge is 0.251 e. The molecule has 0 radical (unpaired) electrons. The minimum absolute atomic E-state index is 0.0617. The van der Waals surface area contributed by atoms with Gasteiger partial charge in [0, 0.05) is 36.6 Å². The Bertz CT molecular complexity index is 746. The second-order valence-corrected chi connectivity index (χ2v) is 6.37. The molecule has 0 spiro atoms. The third-order valence-corrected chi connectivity index (χ3v) is 4.56. The van der Waals surface area contributed by atoms with Crippen LogP contribution in [-0.4, -0.2) is 31.4 Å². The minimum atomic E-state index is -0.0617. The summed E-state index contributed by atoms with van der Waals surface area (Å²) in [6.07, 6.45) is 1.50. The number of amides is 1. The Labute approximate surface area is 148 Å². The van der Waals surface area contributed by atoms with Crippen molar-refractivity contribution in [2.45, 2.75) is 19.8 Å². The summed E-state index contributed by atoms with van der Waals surface area (Å²) in [5, 5.41) is 2.97. The van der Waals surface area contributed by atoms with Gasteiger partial charge in [-0.2, -0.15) is 0 Å². The minimum Gasteiger partial charge on any atom is -0.381 e. The highest BCUT2D eigenvalue weighted by atomic mass is 16.5. The second-order valence-electron chi connectivity index (χ2n) is 6.37. The summed E-state index contributed by atoms with van der Waals surface area (Å²) in [4.78, 5) is 24.1. The number of ether oxygens (including phenoxy) is 1. The van der Waals surface area contributed by atoms with E-state index in [-0.39, 0.29) is 11.7 Å². The highest BCUT2D eigenvalue weighted by molar-refractivity contribution is 5.97. The van der Waals surface area contributed by atoms with Crippen molar-refractivity contribution in [2.75, 3.05) is 19.8 Å². The SMILES string of the molecule is CCC(=O)c1cccc(-c2ccc(C(=O)NC[C@H]3CCOC3)cc2)c1. The largest absolute Gasteiger partial charge is 0.381 e. The summed E-state index contributed by atoms with van der Waals surface area (Å²) < 4.78 is 5.32. The van der Waals surface area contributed by atoms with E-state index in [4.69, 9.17) is 4.74 Å². The van der Waals surface area contributed by atoms with E-state index in [1.165, 1.54) is 0 Å². The van der Waals surface area contributed by atoms with Crippen LogP contribution < -0.4 is 5.32 Å². The lowest BCUT2D eigenvalue weighted by atomic mass is 9.99. The van der Waals surface area contributed by atoms with E-state index in [9.17, 15) is 9.59 Å². The van der Waals surface area contributed by atoms with E-state index in [0.29, 0.717) is 24.4 Å². The van der Waals surface area contributed by atoms with Gasteiger partial charge in [-0.05, 0) is 35.7 Å². The lowest BCUT2D eigenvalue weighted by molar-refractivity contribution is 0.0943. The molecule has 4 nitrogen and oxygen atoms in total. The number of rotatable bonds is 6. The first kappa shape index (κ1) is 17.4. The van der Waals surface area contributed by atoms with Crippen LogP contribution in [0.15, 0.2) is 48.5 Å². The number of hydrogen-bond donors (Lipinski definition) is 1. The summed E-state index contributed by atoms with van der Waals surface area (Å²) in [6, 6.07) is 15.1. The Morgan fingerprint density at radius 2 is 1.88 bits per heavy atom. The van der Waals surface area contributed by atoms with Crippen LogP contribution in [-0.2, 0) is 4.74 Å². The summed E-state index contributed by atoms with van der Waals surface area (Å²) in [6.45, 7) is 4.03. The van der Waals surface area contributed by atoms with Crippen LogP contribution in [0.3, 0.4) is 0 Å². The van der Waals surface area contributed by atoms with Gasteiger partial charge in [0.1, 0.15) is 0 Å². The molecule has 0 aromatic heterocycles. The monoisotopic (exact) mass is 337 g/mol. The van der Waals surface area contributed by atoms with E-state index >= 15 is 0 Å². The molecule has 1 aliphatic heterocycles. The van der Waals surface area contributed by atoms with Gasteiger partial charge in [0.25, 0.3) is 5.91 Å². The zero-order valence-electron chi connectivity index (χ0n) is 14.5. The zero-order chi connectivity index (χ0) is 17.6. The predicted molar refractivity (Wildman–Crippen MR) is 97.8 cm³/mol. The molecule has 4 heteroatoms. The highest BCUT2D eigenvalue weighted by Gasteiger charge is 2.16. The maximum Gasteiger partial charge on any atom is 0.251 e. The Morgan fingerprint density at radius 1 is 1.08 bits per heavy atom. The van der Waals surface area contributed by atoms with Gasteiger partial charge < -0.3 is 10.1 Å². The first-order valence-electron chi connectivity index (χ1n) is 8.77. The molecule has 1 heterocycles. The fourth-order valence-electron chi connectivity index (χ4n) is 2.97. The normalized spacial score (nSPS) is 16.6. The van der Waals surface area contributed by atoms with Crippen molar-refractivity contribution in [3.63, 3.8) is 0 Å². The van der Waals surface area contributed by atoms with E-state index < -0.39 is 0 Å². The Kier molecular flexibility index (Phi) is 5.61. The summed E-state index contributed by atoms with van der Waals surface area (Å²) in [5.41, 5.74) is 3.34. The Balaban J connectivity index is 1.67. The number of carbonyl (C=O) groups excluding carboxylic acids is 2. The third kappa shape index (κ3) is 4.34. The van der Waals surface area contributed by atoms with Gasteiger partial charge in [0.05, 0.1) is 6.61 Å². The first-order valence-corrected chi connectivity index (χ1v) is 8.77. The maximum absolute atomic E-state index is 12.2. The van der Waals surface area contributed by atoms with Gasteiger partial charge in [-0.15, -0.1) is 0 Å². The molecule has 0 unspecified atom stereocenters. The number of benzene rings is 2. The van der Waals surface area contributed by atoms with Crippen molar-refractivity contribution < 1.29 is 14.3 Å². The zero-order valence-corrected chi connectivity index (χ0v) is 14.5. The van der Waals surface area contributed by atoms with Crippen LogP contribution in [0, 0.1) is 5.92 Å². The summed E-state index contributed by atoms with van der Waals surface area (Å²) in [7, 11) is 0. The van der Waals surface area contributed by atoms with Gasteiger partial charge in [0.2, 0.25) is 0 Å². The number of ketones is 1. The first-order chi connectivity index (χ1) is 12.2. The highest BCUT2D eigenvalue weighted by Crippen LogP contribution is 2.22. The maximum atomic E-state index is 12.2. The summed E-state index contributed by atoms with van der Waals surface area (Å²) in [5.74, 6) is 0.490. The van der Waals surface area contributed by atoms with Gasteiger partial charge >= 0.3 is 0 Å². The van der Waals surface area contributed by atoms with Crippen molar-refractivity contribution in [1.82, 2.24) is 5.32 Å². The molecule has 1 atom stereocenters. The van der Waals surface area contributed by atoms with Crippen LogP contribution in [0.5, 0.6) is 0 Å². The van der Waals surface area contributed by atoms with Crippen LogP contribution in [0.4, 0.5) is 0 Å². The lowest BCUT2D eigenvalue weighted by Gasteiger charge is -2.10. The quantitative estimate of drug-likeness (QED) is 0.818. The topological polar surface area (TPSA) is 55.4 Å². The van der Waals surface area contributed by atoms with Crippen molar-refractivity contribution >= 4 is 11.7 Å². The van der Waals surface area contributed by atoms with Crippen molar-refractivity contribution in [3.05, 3.63) is 59.7 Å². The summed E-state index contributed by atoms with van der Waals surface area (Å²) >= 11 is 0. The van der Waals surface area contributed by atoms with E-state index in [0.717, 1.165) is 36.3 Å². The van der Waals surface area contributed by atoms with Gasteiger partial charge in [-0.25, -0.2) is 0 Å². The second kappa shape index (κ2) is 8.08. The lowest BCUT2D eigenvalue weighted by Crippen LogP contribution is -2.29.